The SMILES string of the molecule is N#CCC1CCN(Cc2ccc3cc(Oc4ccc(-c5ccn[nH]5)cn4)ccc3n2)CC1. The largest absolute Gasteiger partial charge is 0.439 e. The Morgan fingerprint density at radius 2 is 2.00 bits per heavy atom. The van der Waals surface area contributed by atoms with E-state index in [-0.39, 0.29) is 0 Å². The number of nitriles is 1. The van der Waals surface area contributed by atoms with Crippen LogP contribution in [-0.4, -0.2) is 38.2 Å². The smallest absolute Gasteiger partial charge is 0.219 e. The summed E-state index contributed by atoms with van der Waals surface area (Å²) in [4.78, 5) is 11.7. The van der Waals surface area contributed by atoms with Gasteiger partial charge in [0.1, 0.15) is 5.75 Å². The normalized spacial score (nSPS) is 15.0. The van der Waals surface area contributed by atoms with Crippen molar-refractivity contribution < 1.29 is 4.74 Å². The lowest BCUT2D eigenvalue weighted by molar-refractivity contribution is 0.177. The maximum atomic E-state index is 8.88. The molecule has 0 bridgehead atoms. The lowest BCUT2D eigenvalue weighted by atomic mass is 9.94. The van der Waals surface area contributed by atoms with Gasteiger partial charge in [0.15, 0.2) is 0 Å². The van der Waals surface area contributed by atoms with Crippen LogP contribution in [0.5, 0.6) is 11.6 Å². The van der Waals surface area contributed by atoms with E-state index in [1.165, 1.54) is 0 Å². The summed E-state index contributed by atoms with van der Waals surface area (Å²) in [6.07, 6.45) is 6.35. The van der Waals surface area contributed by atoms with E-state index in [1.807, 2.05) is 36.4 Å². The van der Waals surface area contributed by atoms with E-state index >= 15 is 0 Å². The Balaban J connectivity index is 1.23. The number of rotatable bonds is 6. The van der Waals surface area contributed by atoms with Crippen molar-refractivity contribution in [3.05, 3.63) is 66.6 Å². The number of fused-ring (bicyclic) bond motifs is 1. The summed E-state index contributed by atoms with van der Waals surface area (Å²) in [6.45, 7) is 2.91. The number of pyridine rings is 2. The third kappa shape index (κ3) is 4.61. The average Bonchev–Trinajstić information content (AvgIpc) is 3.36. The molecule has 0 amide bonds. The Morgan fingerprint density at radius 3 is 2.75 bits per heavy atom. The van der Waals surface area contributed by atoms with Crippen LogP contribution in [0.15, 0.2) is 60.9 Å². The van der Waals surface area contributed by atoms with Gasteiger partial charge in [-0.05, 0) is 68.2 Å². The third-order valence-electron chi connectivity index (χ3n) is 5.96. The molecule has 0 aliphatic carbocycles. The Bertz CT molecular complexity index is 1220. The molecular weight excluding hydrogens is 400 g/mol. The first kappa shape index (κ1) is 20.2. The minimum absolute atomic E-state index is 0.539. The highest BCUT2D eigenvalue weighted by Gasteiger charge is 2.19. The van der Waals surface area contributed by atoms with Crippen molar-refractivity contribution in [2.45, 2.75) is 25.8 Å². The second-order valence-corrected chi connectivity index (χ2v) is 8.20. The number of H-pyrrole nitrogens is 1. The molecule has 1 aliphatic rings. The van der Waals surface area contributed by atoms with Crippen molar-refractivity contribution in [3.8, 4) is 29.0 Å². The quantitative estimate of drug-likeness (QED) is 0.472. The number of hydrogen-bond donors (Lipinski definition) is 1. The van der Waals surface area contributed by atoms with Gasteiger partial charge in [-0.15, -0.1) is 0 Å². The minimum Gasteiger partial charge on any atom is -0.439 e. The molecule has 32 heavy (non-hydrogen) atoms. The van der Waals surface area contributed by atoms with Gasteiger partial charge < -0.3 is 4.74 Å². The van der Waals surface area contributed by atoms with Crippen molar-refractivity contribution >= 4 is 10.9 Å². The van der Waals surface area contributed by atoms with Gasteiger partial charge in [-0.2, -0.15) is 10.4 Å². The molecule has 0 unspecified atom stereocenters. The number of nitrogens with zero attached hydrogens (tertiary/aromatic N) is 5. The first-order valence-electron chi connectivity index (χ1n) is 10.9. The Morgan fingerprint density at radius 1 is 1.09 bits per heavy atom. The fourth-order valence-electron chi connectivity index (χ4n) is 4.14. The predicted molar refractivity (Wildman–Crippen MR) is 122 cm³/mol. The van der Waals surface area contributed by atoms with Gasteiger partial charge in [0.2, 0.25) is 5.88 Å². The van der Waals surface area contributed by atoms with Crippen LogP contribution in [-0.2, 0) is 6.54 Å². The third-order valence-corrected chi connectivity index (χ3v) is 5.96. The second-order valence-electron chi connectivity index (χ2n) is 8.20. The molecule has 3 aromatic heterocycles. The van der Waals surface area contributed by atoms with Gasteiger partial charge in [0.25, 0.3) is 0 Å². The Labute approximate surface area is 186 Å². The van der Waals surface area contributed by atoms with Crippen LogP contribution in [0.2, 0.25) is 0 Å². The minimum atomic E-state index is 0.539. The van der Waals surface area contributed by atoms with E-state index in [0.29, 0.717) is 18.2 Å². The highest BCUT2D eigenvalue weighted by Crippen LogP contribution is 2.26. The summed E-state index contributed by atoms with van der Waals surface area (Å²) in [5, 5.41) is 16.8. The molecule has 0 spiro atoms. The maximum Gasteiger partial charge on any atom is 0.219 e. The van der Waals surface area contributed by atoms with E-state index in [4.69, 9.17) is 15.0 Å². The maximum absolute atomic E-state index is 8.88. The topological polar surface area (TPSA) is 90.7 Å². The molecule has 7 heteroatoms. The summed E-state index contributed by atoms with van der Waals surface area (Å²) < 4.78 is 5.94. The van der Waals surface area contributed by atoms with Crippen molar-refractivity contribution in [2.24, 2.45) is 5.92 Å². The standard InChI is InChI=1S/C25H24N6O/c26-11-7-18-9-13-31(14-10-18)17-21-3-1-19-15-22(4-5-23(19)29-21)32-25-6-2-20(16-27-25)24-8-12-28-30-24/h1-6,8,12,15-16,18H,7,9-10,13-14,17H2,(H,28,30). The van der Waals surface area contributed by atoms with Gasteiger partial charge in [0.05, 0.1) is 23.0 Å². The van der Waals surface area contributed by atoms with Crippen LogP contribution in [0.4, 0.5) is 0 Å². The molecule has 5 rings (SSSR count). The molecule has 1 N–H and O–H groups in total. The van der Waals surface area contributed by atoms with Gasteiger partial charge in [-0.1, -0.05) is 6.07 Å². The summed E-state index contributed by atoms with van der Waals surface area (Å²) in [5.41, 5.74) is 3.90. The van der Waals surface area contributed by atoms with E-state index in [1.54, 1.807) is 12.4 Å². The van der Waals surface area contributed by atoms with Crippen LogP contribution < -0.4 is 4.74 Å². The Hall–Kier alpha value is -3.76. The molecule has 7 nitrogen and oxygen atoms in total. The molecule has 0 radical (unpaired) electrons. The molecule has 0 atom stereocenters. The lowest BCUT2D eigenvalue weighted by Crippen LogP contribution is -2.33. The molecule has 4 heterocycles. The molecule has 160 valence electrons. The number of nitrogens with one attached hydrogen (secondary N) is 1. The molecule has 0 saturated carbocycles. The van der Waals surface area contributed by atoms with E-state index in [2.05, 4.69) is 38.3 Å². The molecule has 1 aliphatic heterocycles. The number of piperidine rings is 1. The number of benzene rings is 1. The zero-order valence-electron chi connectivity index (χ0n) is 17.7. The highest BCUT2D eigenvalue weighted by atomic mass is 16.5. The number of ether oxygens (including phenoxy) is 1. The van der Waals surface area contributed by atoms with Crippen LogP contribution in [0.25, 0.3) is 22.2 Å². The van der Waals surface area contributed by atoms with Gasteiger partial charge in [0, 0.05) is 42.4 Å². The second kappa shape index (κ2) is 9.16. The van der Waals surface area contributed by atoms with Crippen molar-refractivity contribution in [1.29, 1.82) is 5.26 Å². The summed E-state index contributed by atoms with van der Waals surface area (Å²) >= 11 is 0. The zero-order valence-corrected chi connectivity index (χ0v) is 17.7. The molecule has 4 aromatic rings. The van der Waals surface area contributed by atoms with E-state index in [9.17, 15) is 0 Å². The average molecular weight is 425 g/mol. The molecule has 1 fully saturated rings. The summed E-state index contributed by atoms with van der Waals surface area (Å²) in [6, 6.07) is 18.1. The van der Waals surface area contributed by atoms with Gasteiger partial charge >= 0.3 is 0 Å². The summed E-state index contributed by atoms with van der Waals surface area (Å²) in [5.74, 6) is 1.82. The number of likely N-dealkylation sites (tertiary alicyclic amines) is 1. The van der Waals surface area contributed by atoms with Crippen LogP contribution >= 0.6 is 0 Å². The number of aromatic amines is 1. The first-order valence-corrected chi connectivity index (χ1v) is 10.9. The van der Waals surface area contributed by atoms with Crippen molar-refractivity contribution in [1.82, 2.24) is 25.1 Å². The van der Waals surface area contributed by atoms with Crippen LogP contribution in [0, 0.1) is 17.2 Å². The van der Waals surface area contributed by atoms with Crippen LogP contribution in [0.1, 0.15) is 25.0 Å². The monoisotopic (exact) mass is 424 g/mol. The lowest BCUT2D eigenvalue weighted by Gasteiger charge is -2.30. The molecular formula is C25H24N6O. The van der Waals surface area contributed by atoms with Crippen molar-refractivity contribution in [2.75, 3.05) is 13.1 Å². The van der Waals surface area contributed by atoms with Crippen molar-refractivity contribution in [3.63, 3.8) is 0 Å². The zero-order chi connectivity index (χ0) is 21.8. The molecule has 1 saturated heterocycles. The Kier molecular flexibility index (Phi) is 5.77. The summed E-state index contributed by atoms with van der Waals surface area (Å²) in [7, 11) is 0. The molecule has 1 aromatic carbocycles. The van der Waals surface area contributed by atoms with Gasteiger partial charge in [-0.25, -0.2) is 4.98 Å². The number of hydrogen-bond acceptors (Lipinski definition) is 6. The highest BCUT2D eigenvalue weighted by molar-refractivity contribution is 5.80. The fourth-order valence-corrected chi connectivity index (χ4v) is 4.14. The fraction of sp³-hybridized carbons (Fsp3) is 0.280. The van der Waals surface area contributed by atoms with Crippen LogP contribution in [0.3, 0.4) is 0 Å². The first-order chi connectivity index (χ1) is 15.8. The van der Waals surface area contributed by atoms with E-state index in [0.717, 1.165) is 66.1 Å². The van der Waals surface area contributed by atoms with E-state index < -0.39 is 0 Å². The van der Waals surface area contributed by atoms with Gasteiger partial charge in [-0.3, -0.25) is 15.0 Å². The number of aromatic nitrogens is 4. The predicted octanol–water partition coefficient (Wildman–Crippen LogP) is 4.94.